The molecule has 6 atom stereocenters. The number of aliphatic carboxylic acids is 1. The van der Waals surface area contributed by atoms with Crippen molar-refractivity contribution in [1.82, 2.24) is 0 Å². The van der Waals surface area contributed by atoms with Crippen molar-refractivity contribution in [2.24, 2.45) is 0 Å². The number of Topliss-reactive ketones (excluding diaryl/α,β-unsaturated/α-hetero) is 1. The third-order valence-corrected chi connectivity index (χ3v) is 4.05. The van der Waals surface area contributed by atoms with Crippen LogP contribution in [0, 0.1) is 0 Å². The molecule has 0 aliphatic carbocycles. The molecule has 1 aromatic carbocycles. The smallest absolute Gasteiger partial charge is 0.335 e. The number of aliphatic hydroxyl groups excluding tert-OH is 4. The molecule has 5 unspecified atom stereocenters. The van der Waals surface area contributed by atoms with E-state index >= 15 is 0 Å². The molecule has 1 fully saturated rings. The molecule has 11 heteroatoms. The fraction of sp³-hybridized carbons (Fsp3) is 0.467. The number of carboxylic acid groups (broad SMARTS) is 1. The zero-order chi connectivity index (χ0) is 19.2. The summed E-state index contributed by atoms with van der Waals surface area (Å²) in [5.74, 6) is -3.20. The van der Waals surface area contributed by atoms with E-state index in [4.69, 9.17) is 19.3 Å². The number of hydrogen-bond donors (Lipinski definition) is 6. The first-order valence-corrected chi connectivity index (χ1v) is 7.52. The molecule has 11 nitrogen and oxygen atoms in total. The van der Waals surface area contributed by atoms with Crippen molar-refractivity contribution in [2.75, 3.05) is 6.61 Å². The maximum Gasteiger partial charge on any atom is 0.335 e. The lowest BCUT2D eigenvalue weighted by molar-refractivity contribution is -0.271. The van der Waals surface area contributed by atoms with E-state index in [0.29, 0.717) is 0 Å². The third kappa shape index (κ3) is 3.06. The van der Waals surface area contributed by atoms with Crippen molar-refractivity contribution < 1.29 is 54.4 Å². The summed E-state index contributed by atoms with van der Waals surface area (Å²) in [5, 5.41) is 57.8. The normalized spacial score (nSPS) is 33.9. The Morgan fingerprint density at radius 1 is 1.12 bits per heavy atom. The highest BCUT2D eigenvalue weighted by molar-refractivity contribution is 6.05. The molecule has 0 bridgehead atoms. The average molecular weight is 372 g/mol. The maximum atomic E-state index is 12.2. The zero-order valence-corrected chi connectivity index (χ0v) is 13.1. The number of ether oxygens (including phenoxy) is 3. The van der Waals surface area contributed by atoms with Gasteiger partial charge in [0.25, 0.3) is 0 Å². The molecule has 0 saturated carbocycles. The highest BCUT2D eigenvalue weighted by atomic mass is 16.7. The van der Waals surface area contributed by atoms with Gasteiger partial charge in [0.1, 0.15) is 47.7 Å². The van der Waals surface area contributed by atoms with E-state index in [1.165, 1.54) is 0 Å². The molecule has 2 aliphatic rings. The van der Waals surface area contributed by atoms with Gasteiger partial charge in [-0.05, 0) is 0 Å². The monoisotopic (exact) mass is 372 g/mol. The highest BCUT2D eigenvalue weighted by Crippen LogP contribution is 2.38. The maximum absolute atomic E-state index is 12.2. The number of fused-ring (bicyclic) bond motifs is 1. The Bertz CT molecular complexity index is 733. The van der Waals surface area contributed by atoms with Crippen LogP contribution in [0.2, 0.25) is 0 Å². The van der Waals surface area contributed by atoms with Crippen molar-refractivity contribution in [3.8, 4) is 17.2 Å². The van der Waals surface area contributed by atoms with Gasteiger partial charge in [0.2, 0.25) is 12.1 Å². The van der Waals surface area contributed by atoms with Crippen molar-refractivity contribution in [2.45, 2.75) is 36.8 Å². The van der Waals surface area contributed by atoms with E-state index in [0.717, 1.165) is 12.1 Å². The summed E-state index contributed by atoms with van der Waals surface area (Å²) in [6, 6.07) is 2.09. The van der Waals surface area contributed by atoms with Crippen molar-refractivity contribution in [3.05, 3.63) is 17.7 Å². The Balaban J connectivity index is 1.94. The number of carboxylic acids is 1. The second-order valence-corrected chi connectivity index (χ2v) is 5.86. The van der Waals surface area contributed by atoms with Gasteiger partial charge < -0.3 is 44.8 Å². The van der Waals surface area contributed by atoms with Crippen LogP contribution in [0.25, 0.3) is 0 Å². The Labute approximate surface area is 145 Å². The van der Waals surface area contributed by atoms with E-state index in [2.05, 4.69) is 0 Å². The number of aliphatic hydroxyl groups is 4. The van der Waals surface area contributed by atoms with E-state index in [1.54, 1.807) is 0 Å². The minimum atomic E-state index is -1.91. The van der Waals surface area contributed by atoms with Gasteiger partial charge in [0.05, 0.1) is 0 Å². The molecule has 6 N–H and O–H groups in total. The van der Waals surface area contributed by atoms with Crippen LogP contribution in [0.15, 0.2) is 12.1 Å². The van der Waals surface area contributed by atoms with Gasteiger partial charge in [-0.1, -0.05) is 0 Å². The highest BCUT2D eigenvalue weighted by Gasteiger charge is 2.48. The fourth-order valence-corrected chi connectivity index (χ4v) is 2.71. The summed E-state index contributed by atoms with van der Waals surface area (Å²) in [4.78, 5) is 23.3. The molecule has 1 saturated heterocycles. The molecule has 0 spiro atoms. The number of phenolic OH excluding ortho intramolecular Hbond substituents is 1. The second-order valence-electron chi connectivity index (χ2n) is 5.86. The fourth-order valence-electron chi connectivity index (χ4n) is 2.71. The van der Waals surface area contributed by atoms with Gasteiger partial charge in [-0.2, -0.15) is 0 Å². The first-order chi connectivity index (χ1) is 12.2. The standard InChI is InChI=1S/C15H16O11/c16-4-1-6-8(9(18)5(17)3-24-6)7(2-4)25-15-12(21)10(19)11(20)13(26-15)14(22)23/h1-2,5,10-13,15-17,19-21H,3H2,(H,22,23)/t5-,10?,11?,12?,13?,15?/m1/s1. The number of carbonyl (C=O) groups excluding carboxylic acids is 1. The number of ketones is 1. The first-order valence-electron chi connectivity index (χ1n) is 7.52. The van der Waals surface area contributed by atoms with Gasteiger partial charge in [-0.25, -0.2) is 4.79 Å². The number of hydrogen-bond acceptors (Lipinski definition) is 10. The first kappa shape index (κ1) is 18.4. The Kier molecular flexibility index (Phi) is 4.73. The van der Waals surface area contributed by atoms with Crippen LogP contribution >= 0.6 is 0 Å². The number of aromatic hydroxyl groups is 1. The molecule has 2 heterocycles. The van der Waals surface area contributed by atoms with Crippen LogP contribution in [0.1, 0.15) is 10.4 Å². The summed E-state index contributed by atoms with van der Waals surface area (Å²) >= 11 is 0. The zero-order valence-electron chi connectivity index (χ0n) is 13.1. The average Bonchev–Trinajstić information content (AvgIpc) is 2.58. The lowest BCUT2D eigenvalue weighted by Gasteiger charge is -2.38. The van der Waals surface area contributed by atoms with E-state index in [9.17, 15) is 35.1 Å². The van der Waals surface area contributed by atoms with Crippen molar-refractivity contribution in [1.29, 1.82) is 0 Å². The minimum absolute atomic E-state index is 0.0871. The SMILES string of the molecule is O=C(O)C1OC(Oc2cc(O)cc3c2C(=O)[C@H](O)CO3)C(O)C(O)C1O. The lowest BCUT2D eigenvalue weighted by Crippen LogP contribution is -2.61. The van der Waals surface area contributed by atoms with E-state index < -0.39 is 48.6 Å². The molecule has 2 aliphatic heterocycles. The predicted octanol–water partition coefficient (Wildman–Crippen LogP) is -2.40. The Hall–Kier alpha value is -2.44. The Morgan fingerprint density at radius 3 is 2.46 bits per heavy atom. The third-order valence-electron chi connectivity index (χ3n) is 4.05. The van der Waals surface area contributed by atoms with Crippen LogP contribution in [0.5, 0.6) is 17.2 Å². The molecule has 0 amide bonds. The minimum Gasteiger partial charge on any atom is -0.508 e. The molecule has 26 heavy (non-hydrogen) atoms. The number of carbonyl (C=O) groups is 2. The van der Waals surface area contributed by atoms with E-state index in [1.807, 2.05) is 0 Å². The Morgan fingerprint density at radius 2 is 1.81 bits per heavy atom. The van der Waals surface area contributed by atoms with Crippen LogP contribution < -0.4 is 9.47 Å². The number of phenols is 1. The van der Waals surface area contributed by atoms with Crippen LogP contribution in [-0.2, 0) is 9.53 Å². The summed E-state index contributed by atoms with van der Waals surface area (Å²) in [7, 11) is 0. The molecule has 142 valence electrons. The summed E-state index contributed by atoms with van der Waals surface area (Å²) in [5.41, 5.74) is -0.246. The molecule has 0 radical (unpaired) electrons. The van der Waals surface area contributed by atoms with Crippen molar-refractivity contribution in [3.63, 3.8) is 0 Å². The summed E-state index contributed by atoms with van der Waals surface area (Å²) in [6.45, 7) is -0.330. The van der Waals surface area contributed by atoms with E-state index in [-0.39, 0.29) is 29.4 Å². The van der Waals surface area contributed by atoms with Crippen LogP contribution in [-0.4, -0.2) is 85.8 Å². The number of benzene rings is 1. The quantitative estimate of drug-likeness (QED) is 0.332. The molecular weight excluding hydrogens is 356 g/mol. The van der Waals surface area contributed by atoms with Gasteiger partial charge >= 0.3 is 5.97 Å². The molecular formula is C15H16O11. The summed E-state index contributed by atoms with van der Waals surface area (Å²) in [6.07, 6.45) is -10.8. The lowest BCUT2D eigenvalue weighted by atomic mass is 9.98. The van der Waals surface area contributed by atoms with Crippen molar-refractivity contribution >= 4 is 11.8 Å². The molecule has 3 rings (SSSR count). The predicted molar refractivity (Wildman–Crippen MR) is 78.9 cm³/mol. The van der Waals surface area contributed by atoms with Gasteiger partial charge in [0, 0.05) is 12.1 Å². The molecule has 1 aromatic rings. The largest absolute Gasteiger partial charge is 0.508 e. The van der Waals surface area contributed by atoms with Gasteiger partial charge in [-0.15, -0.1) is 0 Å². The summed E-state index contributed by atoms with van der Waals surface area (Å²) < 4.78 is 15.4. The number of rotatable bonds is 3. The topological polar surface area (TPSA) is 183 Å². The van der Waals surface area contributed by atoms with Gasteiger partial charge in [0.15, 0.2) is 12.2 Å². The van der Waals surface area contributed by atoms with Crippen LogP contribution in [0.4, 0.5) is 0 Å². The van der Waals surface area contributed by atoms with Gasteiger partial charge in [-0.3, -0.25) is 4.79 Å². The molecule has 0 aromatic heterocycles. The van der Waals surface area contributed by atoms with Crippen LogP contribution in [0.3, 0.4) is 0 Å². The second kappa shape index (κ2) is 6.70.